The van der Waals surface area contributed by atoms with Crippen molar-refractivity contribution in [2.75, 3.05) is 7.05 Å². The van der Waals surface area contributed by atoms with Crippen LogP contribution in [0.25, 0.3) is 0 Å². The zero-order valence-corrected chi connectivity index (χ0v) is 12.9. The second kappa shape index (κ2) is 6.00. The van der Waals surface area contributed by atoms with Crippen molar-refractivity contribution >= 4 is 0 Å². The van der Waals surface area contributed by atoms with Gasteiger partial charge in [-0.05, 0) is 43.5 Å². The van der Waals surface area contributed by atoms with E-state index in [9.17, 15) is 0 Å². The first-order chi connectivity index (χ1) is 10.1. The summed E-state index contributed by atoms with van der Waals surface area (Å²) >= 11 is 0. The number of aryl methyl sites for hydroxylation is 2. The molecule has 2 heteroatoms. The third-order valence-corrected chi connectivity index (χ3v) is 4.62. The van der Waals surface area contributed by atoms with E-state index in [0.29, 0.717) is 6.04 Å². The maximum Gasteiger partial charge on any atom is 0.0455 e. The van der Waals surface area contributed by atoms with Crippen molar-refractivity contribution in [2.45, 2.75) is 38.4 Å². The van der Waals surface area contributed by atoms with E-state index in [4.69, 9.17) is 5.73 Å². The first-order valence-corrected chi connectivity index (χ1v) is 7.74. The van der Waals surface area contributed by atoms with Gasteiger partial charge >= 0.3 is 0 Å². The molecule has 2 nitrogen and oxygen atoms in total. The number of hydrogen-bond acceptors (Lipinski definition) is 2. The number of fused-ring (bicyclic) bond motifs is 1. The molecule has 0 amide bonds. The molecule has 1 aliphatic rings. The molecule has 0 radical (unpaired) electrons. The van der Waals surface area contributed by atoms with Crippen LogP contribution in [0, 0.1) is 6.92 Å². The predicted molar refractivity (Wildman–Crippen MR) is 88.1 cm³/mol. The monoisotopic (exact) mass is 280 g/mol. The summed E-state index contributed by atoms with van der Waals surface area (Å²) in [5.74, 6) is 0. The fourth-order valence-electron chi connectivity index (χ4n) is 3.49. The van der Waals surface area contributed by atoms with Crippen LogP contribution in [0.5, 0.6) is 0 Å². The van der Waals surface area contributed by atoms with Gasteiger partial charge in [-0.3, -0.25) is 4.90 Å². The maximum absolute atomic E-state index is 6.53. The zero-order chi connectivity index (χ0) is 14.8. The highest BCUT2D eigenvalue weighted by Gasteiger charge is 2.29. The van der Waals surface area contributed by atoms with E-state index in [1.54, 1.807) is 0 Å². The lowest BCUT2D eigenvalue weighted by molar-refractivity contribution is 0.184. The molecule has 0 aromatic heterocycles. The van der Waals surface area contributed by atoms with Gasteiger partial charge in [0.2, 0.25) is 0 Å². The number of benzene rings is 2. The molecular weight excluding hydrogens is 256 g/mol. The molecule has 110 valence electrons. The standard InChI is InChI=1S/C19H24N2/c1-14-6-5-7-15(12-14)13-21(2)18-11-10-16-8-3-4-9-17(16)19(18)20/h3-9,12,18-19H,10-11,13,20H2,1-2H3. The van der Waals surface area contributed by atoms with E-state index in [2.05, 4.69) is 67.4 Å². The van der Waals surface area contributed by atoms with Gasteiger partial charge < -0.3 is 5.73 Å². The Labute approximate surface area is 127 Å². The number of nitrogens with zero attached hydrogens (tertiary/aromatic N) is 1. The molecule has 0 bridgehead atoms. The van der Waals surface area contributed by atoms with Crippen LogP contribution >= 0.6 is 0 Å². The van der Waals surface area contributed by atoms with Crippen molar-refractivity contribution in [2.24, 2.45) is 5.73 Å². The molecule has 2 unspecified atom stereocenters. The topological polar surface area (TPSA) is 29.3 Å². The summed E-state index contributed by atoms with van der Waals surface area (Å²) in [4.78, 5) is 2.41. The lowest BCUT2D eigenvalue weighted by Gasteiger charge is -2.37. The van der Waals surface area contributed by atoms with Gasteiger partial charge in [0.1, 0.15) is 0 Å². The Morgan fingerprint density at radius 3 is 2.76 bits per heavy atom. The van der Waals surface area contributed by atoms with Crippen LogP contribution in [0.3, 0.4) is 0 Å². The minimum absolute atomic E-state index is 0.116. The summed E-state index contributed by atoms with van der Waals surface area (Å²) in [6.45, 7) is 3.11. The largest absolute Gasteiger partial charge is 0.323 e. The van der Waals surface area contributed by atoms with Gasteiger partial charge in [0.25, 0.3) is 0 Å². The number of likely N-dealkylation sites (N-methyl/N-ethyl adjacent to an activating group) is 1. The second-order valence-corrected chi connectivity index (χ2v) is 6.23. The second-order valence-electron chi connectivity index (χ2n) is 6.23. The molecule has 0 fully saturated rings. The molecule has 0 saturated heterocycles. The molecule has 1 aliphatic carbocycles. The minimum atomic E-state index is 0.116. The minimum Gasteiger partial charge on any atom is -0.323 e. The van der Waals surface area contributed by atoms with Crippen molar-refractivity contribution < 1.29 is 0 Å². The molecule has 0 aliphatic heterocycles. The Morgan fingerprint density at radius 2 is 1.95 bits per heavy atom. The molecule has 0 spiro atoms. The van der Waals surface area contributed by atoms with Crippen molar-refractivity contribution in [3.05, 3.63) is 70.8 Å². The zero-order valence-electron chi connectivity index (χ0n) is 12.9. The lowest BCUT2D eigenvalue weighted by Crippen LogP contribution is -2.43. The van der Waals surface area contributed by atoms with Gasteiger partial charge in [-0.2, -0.15) is 0 Å². The highest BCUT2D eigenvalue weighted by Crippen LogP contribution is 2.31. The Bertz CT molecular complexity index is 620. The summed E-state index contributed by atoms with van der Waals surface area (Å²) < 4.78 is 0. The Morgan fingerprint density at radius 1 is 1.14 bits per heavy atom. The third-order valence-electron chi connectivity index (χ3n) is 4.62. The summed E-state index contributed by atoms with van der Waals surface area (Å²) in [6, 6.07) is 17.9. The van der Waals surface area contributed by atoms with E-state index >= 15 is 0 Å². The third kappa shape index (κ3) is 3.02. The Kier molecular flexibility index (Phi) is 4.09. The molecule has 3 rings (SSSR count). The fraction of sp³-hybridized carbons (Fsp3) is 0.368. The van der Waals surface area contributed by atoms with Gasteiger partial charge in [-0.25, -0.2) is 0 Å². The average Bonchev–Trinajstić information content (AvgIpc) is 2.48. The van der Waals surface area contributed by atoms with Gasteiger partial charge in [0, 0.05) is 18.6 Å². The molecule has 0 saturated carbocycles. The molecule has 2 atom stereocenters. The van der Waals surface area contributed by atoms with Gasteiger partial charge in [-0.15, -0.1) is 0 Å². The van der Waals surface area contributed by atoms with Crippen LogP contribution in [-0.2, 0) is 13.0 Å². The summed E-state index contributed by atoms with van der Waals surface area (Å²) in [5, 5.41) is 0. The van der Waals surface area contributed by atoms with Gasteiger partial charge in [-0.1, -0.05) is 54.1 Å². The number of rotatable bonds is 3. The van der Waals surface area contributed by atoms with Crippen LogP contribution in [0.1, 0.15) is 34.7 Å². The van der Waals surface area contributed by atoms with Gasteiger partial charge in [0.05, 0.1) is 0 Å². The summed E-state index contributed by atoms with van der Waals surface area (Å²) in [7, 11) is 2.20. The van der Waals surface area contributed by atoms with E-state index in [1.807, 2.05) is 0 Å². The first kappa shape index (κ1) is 14.3. The van der Waals surface area contributed by atoms with Crippen LogP contribution in [0.15, 0.2) is 48.5 Å². The lowest BCUT2D eigenvalue weighted by atomic mass is 9.84. The van der Waals surface area contributed by atoms with E-state index < -0.39 is 0 Å². The van der Waals surface area contributed by atoms with E-state index in [1.165, 1.54) is 22.3 Å². The molecule has 2 aromatic carbocycles. The van der Waals surface area contributed by atoms with Crippen LogP contribution < -0.4 is 5.73 Å². The molecule has 0 heterocycles. The Hall–Kier alpha value is -1.64. The number of hydrogen-bond donors (Lipinski definition) is 1. The fourth-order valence-corrected chi connectivity index (χ4v) is 3.49. The maximum atomic E-state index is 6.53. The SMILES string of the molecule is Cc1cccc(CN(C)C2CCc3ccccc3C2N)c1. The summed E-state index contributed by atoms with van der Waals surface area (Å²) in [5.41, 5.74) is 12.0. The number of nitrogens with two attached hydrogens (primary N) is 1. The van der Waals surface area contributed by atoms with Crippen molar-refractivity contribution in [1.82, 2.24) is 4.90 Å². The normalized spacial score (nSPS) is 21.3. The van der Waals surface area contributed by atoms with E-state index in [0.717, 1.165) is 19.4 Å². The highest BCUT2D eigenvalue weighted by atomic mass is 15.1. The van der Waals surface area contributed by atoms with Crippen molar-refractivity contribution in [3.63, 3.8) is 0 Å². The molecule has 2 N–H and O–H groups in total. The highest BCUT2D eigenvalue weighted by molar-refractivity contribution is 5.33. The average molecular weight is 280 g/mol. The van der Waals surface area contributed by atoms with Crippen LogP contribution in [-0.4, -0.2) is 18.0 Å². The predicted octanol–water partition coefficient (Wildman–Crippen LogP) is 3.44. The van der Waals surface area contributed by atoms with Crippen molar-refractivity contribution in [1.29, 1.82) is 0 Å². The molecule has 2 aromatic rings. The van der Waals surface area contributed by atoms with Crippen molar-refractivity contribution in [3.8, 4) is 0 Å². The molecule has 21 heavy (non-hydrogen) atoms. The van der Waals surface area contributed by atoms with Gasteiger partial charge in [0.15, 0.2) is 0 Å². The smallest absolute Gasteiger partial charge is 0.0455 e. The van der Waals surface area contributed by atoms with Crippen LogP contribution in [0.4, 0.5) is 0 Å². The van der Waals surface area contributed by atoms with Crippen LogP contribution in [0.2, 0.25) is 0 Å². The quantitative estimate of drug-likeness (QED) is 0.933. The summed E-state index contributed by atoms with van der Waals surface area (Å²) in [6.07, 6.45) is 2.27. The first-order valence-electron chi connectivity index (χ1n) is 7.74. The Balaban J connectivity index is 1.75. The van der Waals surface area contributed by atoms with E-state index in [-0.39, 0.29) is 6.04 Å². The molecular formula is C19H24N2.